The number of carbonyl (C=O) groups is 2. The molecule has 1 fully saturated rings. The summed E-state index contributed by atoms with van der Waals surface area (Å²) in [4.78, 5) is 37.5. The van der Waals surface area contributed by atoms with E-state index in [4.69, 9.17) is 9.47 Å². The fraction of sp³-hybridized carbons (Fsp3) is 0.176. The van der Waals surface area contributed by atoms with Gasteiger partial charge in [0.25, 0.3) is 11.7 Å². The number of carbonyl (C=O) groups excluding carboxylic acids is 2. The molecular weight excluding hydrogens is 544 g/mol. The molecule has 6 rings (SSSR count). The van der Waals surface area contributed by atoms with E-state index in [-0.39, 0.29) is 17.9 Å². The minimum atomic E-state index is -0.906. The zero-order valence-electron chi connectivity index (χ0n) is 23.8. The summed E-state index contributed by atoms with van der Waals surface area (Å²) in [5.74, 6) is -0.802. The first-order valence-electron chi connectivity index (χ1n) is 14.0. The zero-order valence-corrected chi connectivity index (χ0v) is 23.8. The van der Waals surface area contributed by atoms with Crippen LogP contribution >= 0.6 is 0 Å². The first-order chi connectivity index (χ1) is 21.0. The van der Waals surface area contributed by atoms with Crippen LogP contribution in [0.5, 0.6) is 11.5 Å². The van der Waals surface area contributed by atoms with Gasteiger partial charge in [-0.3, -0.25) is 19.0 Å². The number of aromatic nitrogens is 3. The highest BCUT2D eigenvalue weighted by molar-refractivity contribution is 6.46. The van der Waals surface area contributed by atoms with E-state index < -0.39 is 17.7 Å². The maximum absolute atomic E-state index is 13.7. The summed E-state index contributed by atoms with van der Waals surface area (Å²) in [6.07, 6.45) is 5.06. The fourth-order valence-corrected chi connectivity index (χ4v) is 5.42. The lowest BCUT2D eigenvalue weighted by molar-refractivity contribution is -0.140. The molecule has 0 radical (unpaired) electrons. The first-order valence-corrected chi connectivity index (χ1v) is 14.0. The maximum Gasteiger partial charge on any atom is 0.295 e. The summed E-state index contributed by atoms with van der Waals surface area (Å²) in [7, 11) is 0. The van der Waals surface area contributed by atoms with E-state index >= 15 is 0 Å². The summed E-state index contributed by atoms with van der Waals surface area (Å²) in [6.45, 7) is 4.46. The summed E-state index contributed by atoms with van der Waals surface area (Å²) in [5, 5.41) is 11.8. The fourth-order valence-electron chi connectivity index (χ4n) is 5.42. The Labute approximate surface area is 248 Å². The van der Waals surface area contributed by atoms with Crippen molar-refractivity contribution in [3.8, 4) is 11.5 Å². The molecule has 0 bridgehead atoms. The Balaban J connectivity index is 1.48. The van der Waals surface area contributed by atoms with E-state index in [1.54, 1.807) is 54.2 Å². The molecule has 0 saturated carbocycles. The average molecular weight is 575 g/mol. The van der Waals surface area contributed by atoms with Gasteiger partial charge in [0.1, 0.15) is 17.9 Å². The van der Waals surface area contributed by atoms with Crippen LogP contribution in [0.25, 0.3) is 11.4 Å². The van der Waals surface area contributed by atoms with Gasteiger partial charge in [-0.1, -0.05) is 48.5 Å². The molecule has 43 heavy (non-hydrogen) atoms. The third-order valence-corrected chi connectivity index (χ3v) is 7.36. The van der Waals surface area contributed by atoms with Crippen molar-refractivity contribution in [2.24, 2.45) is 0 Å². The second kappa shape index (κ2) is 11.8. The van der Waals surface area contributed by atoms with Crippen LogP contribution in [0, 0.1) is 6.92 Å². The SMILES string of the molecule is CCOc1cc(C2/C(=C(\O)c3c(C)nc4ccccn34)C(=O)C(=O)N2Cc2cccnc2)ccc1OCc1ccccc1. The van der Waals surface area contributed by atoms with E-state index in [2.05, 4.69) is 9.97 Å². The number of imidazole rings is 1. The molecule has 3 aromatic heterocycles. The van der Waals surface area contributed by atoms with Gasteiger partial charge in [0.2, 0.25) is 0 Å². The van der Waals surface area contributed by atoms with Gasteiger partial charge in [0, 0.05) is 25.1 Å². The lowest BCUT2D eigenvalue weighted by Crippen LogP contribution is -2.29. The lowest BCUT2D eigenvalue weighted by atomic mass is 9.95. The smallest absolute Gasteiger partial charge is 0.295 e. The number of hydrogen-bond acceptors (Lipinski definition) is 7. The second-order valence-electron chi connectivity index (χ2n) is 10.2. The number of ether oxygens (including phenoxy) is 2. The van der Waals surface area contributed by atoms with Crippen molar-refractivity contribution in [1.82, 2.24) is 19.3 Å². The van der Waals surface area contributed by atoms with Crippen molar-refractivity contribution in [3.63, 3.8) is 0 Å². The number of pyridine rings is 2. The highest BCUT2D eigenvalue weighted by atomic mass is 16.5. The van der Waals surface area contributed by atoms with Crippen molar-refractivity contribution in [1.29, 1.82) is 0 Å². The Morgan fingerprint density at radius 1 is 0.930 bits per heavy atom. The van der Waals surface area contributed by atoms with Gasteiger partial charge >= 0.3 is 0 Å². The number of hydrogen-bond donors (Lipinski definition) is 1. The zero-order chi connectivity index (χ0) is 29.9. The van der Waals surface area contributed by atoms with Gasteiger partial charge in [-0.2, -0.15) is 0 Å². The molecule has 0 spiro atoms. The number of aryl methyl sites for hydroxylation is 1. The van der Waals surface area contributed by atoms with Crippen molar-refractivity contribution >= 4 is 23.1 Å². The van der Waals surface area contributed by atoms with Gasteiger partial charge in [0.15, 0.2) is 17.3 Å². The first kappa shape index (κ1) is 27.7. The molecule has 4 heterocycles. The summed E-state index contributed by atoms with van der Waals surface area (Å²) >= 11 is 0. The number of likely N-dealkylation sites (tertiary alicyclic amines) is 1. The number of aliphatic hydroxyl groups is 1. The predicted octanol–water partition coefficient (Wildman–Crippen LogP) is 5.64. The molecule has 9 nitrogen and oxygen atoms in total. The lowest BCUT2D eigenvalue weighted by Gasteiger charge is -2.26. The number of benzene rings is 2. The molecule has 2 aromatic carbocycles. The van der Waals surface area contributed by atoms with E-state index in [1.165, 1.54) is 4.90 Å². The van der Waals surface area contributed by atoms with Crippen molar-refractivity contribution < 1.29 is 24.2 Å². The van der Waals surface area contributed by atoms with E-state index in [1.807, 2.05) is 61.5 Å². The van der Waals surface area contributed by atoms with Crippen LogP contribution in [0.1, 0.15) is 41.0 Å². The second-order valence-corrected chi connectivity index (χ2v) is 10.2. The molecule has 1 N–H and O–H groups in total. The minimum Gasteiger partial charge on any atom is -0.505 e. The molecule has 1 atom stereocenters. The van der Waals surface area contributed by atoms with Crippen LogP contribution in [0.4, 0.5) is 0 Å². The number of aliphatic hydroxyl groups excluding tert-OH is 1. The quantitative estimate of drug-likeness (QED) is 0.138. The third kappa shape index (κ3) is 5.32. The molecule has 1 saturated heterocycles. The Kier molecular flexibility index (Phi) is 7.61. The summed E-state index contributed by atoms with van der Waals surface area (Å²) in [5.41, 5.74) is 3.81. The highest BCUT2D eigenvalue weighted by Crippen LogP contribution is 2.43. The van der Waals surface area contributed by atoms with Crippen molar-refractivity contribution in [3.05, 3.63) is 131 Å². The normalized spacial score (nSPS) is 16.1. The summed E-state index contributed by atoms with van der Waals surface area (Å²) < 4.78 is 13.8. The average Bonchev–Trinajstić information content (AvgIpc) is 3.49. The Morgan fingerprint density at radius 3 is 2.49 bits per heavy atom. The number of rotatable bonds is 9. The Hall–Kier alpha value is -5.44. The highest BCUT2D eigenvalue weighted by Gasteiger charge is 2.47. The van der Waals surface area contributed by atoms with Crippen LogP contribution < -0.4 is 9.47 Å². The largest absolute Gasteiger partial charge is 0.505 e. The van der Waals surface area contributed by atoms with E-state index in [0.29, 0.717) is 47.3 Å². The predicted molar refractivity (Wildman–Crippen MR) is 160 cm³/mol. The van der Waals surface area contributed by atoms with Gasteiger partial charge in [0.05, 0.1) is 23.9 Å². The molecule has 1 amide bonds. The number of nitrogens with zero attached hydrogens (tertiary/aromatic N) is 4. The molecule has 5 aromatic rings. The van der Waals surface area contributed by atoms with Crippen molar-refractivity contribution in [2.45, 2.75) is 33.0 Å². The Bertz CT molecular complexity index is 1830. The van der Waals surface area contributed by atoms with Crippen LogP contribution in [0.3, 0.4) is 0 Å². The molecule has 216 valence electrons. The molecule has 0 aliphatic carbocycles. The van der Waals surface area contributed by atoms with E-state index in [9.17, 15) is 14.7 Å². The van der Waals surface area contributed by atoms with Gasteiger partial charge in [-0.25, -0.2) is 4.98 Å². The van der Waals surface area contributed by atoms with Crippen LogP contribution in [-0.4, -0.2) is 42.7 Å². The number of Topliss-reactive ketones (excluding diaryl/α,β-unsaturated/α-hetero) is 1. The maximum atomic E-state index is 13.7. The molecular formula is C34H30N4O5. The topological polar surface area (TPSA) is 106 Å². The van der Waals surface area contributed by atoms with Gasteiger partial charge in [-0.15, -0.1) is 0 Å². The van der Waals surface area contributed by atoms with Crippen LogP contribution in [-0.2, 0) is 22.7 Å². The molecule has 1 aliphatic rings. The summed E-state index contributed by atoms with van der Waals surface area (Å²) in [6, 6.07) is 23.3. The standard InChI is InChI=1S/C34H30N4O5/c1-3-42-27-18-25(14-15-26(27)43-21-23-10-5-4-6-11-23)31-29(32(39)30-22(2)36-28-13-7-8-17-37(28)30)33(40)34(41)38(31)20-24-12-9-16-35-19-24/h4-19,31,39H,3,20-21H2,1-2H3/b32-29+. The van der Waals surface area contributed by atoms with Crippen LogP contribution in [0.15, 0.2) is 103 Å². The number of ketones is 1. The molecule has 1 unspecified atom stereocenters. The monoisotopic (exact) mass is 574 g/mol. The molecule has 1 aliphatic heterocycles. The van der Waals surface area contributed by atoms with Gasteiger partial charge < -0.3 is 19.5 Å². The van der Waals surface area contributed by atoms with Gasteiger partial charge in [-0.05, 0) is 60.9 Å². The van der Waals surface area contributed by atoms with Crippen LogP contribution in [0.2, 0.25) is 0 Å². The third-order valence-electron chi connectivity index (χ3n) is 7.36. The number of amides is 1. The minimum absolute atomic E-state index is 0.0250. The number of fused-ring (bicyclic) bond motifs is 1. The molecule has 9 heteroatoms. The van der Waals surface area contributed by atoms with E-state index in [0.717, 1.165) is 11.1 Å². The Morgan fingerprint density at radius 2 is 1.72 bits per heavy atom. The van der Waals surface area contributed by atoms with Crippen molar-refractivity contribution in [2.75, 3.05) is 6.61 Å².